The number of aliphatic hydroxyl groups excluding tert-OH is 1. The number of aliphatic hydroxyl groups is 1. The maximum atomic E-state index is 9.58. The van der Waals surface area contributed by atoms with Crippen LogP contribution in [0.25, 0.3) is 0 Å². The van der Waals surface area contributed by atoms with E-state index in [0.29, 0.717) is 0 Å². The minimum atomic E-state index is -0.253. The van der Waals surface area contributed by atoms with Crippen LogP contribution in [-0.2, 0) is 0 Å². The van der Waals surface area contributed by atoms with Crippen LogP contribution in [-0.4, -0.2) is 11.2 Å². The van der Waals surface area contributed by atoms with Crippen molar-refractivity contribution in [2.24, 2.45) is 0 Å². The second-order valence-electron chi connectivity index (χ2n) is 3.42. The molecule has 1 heteroatoms. The van der Waals surface area contributed by atoms with Crippen LogP contribution in [0.3, 0.4) is 0 Å². The number of hydrogen-bond acceptors (Lipinski definition) is 1. The predicted molar refractivity (Wildman–Crippen MR) is 54.2 cm³/mol. The van der Waals surface area contributed by atoms with Gasteiger partial charge in [-0.1, -0.05) is 39.7 Å². The summed E-state index contributed by atoms with van der Waals surface area (Å²) in [5, 5.41) is 9.58. The lowest BCUT2D eigenvalue weighted by Gasteiger charge is -2.12. The Kier molecular flexibility index (Phi) is 7.17. The zero-order valence-electron chi connectivity index (χ0n) is 8.47. The summed E-state index contributed by atoms with van der Waals surface area (Å²) >= 11 is 0. The van der Waals surface area contributed by atoms with Crippen molar-refractivity contribution in [3.8, 4) is 0 Å². The molecule has 0 fully saturated rings. The number of hydrogen-bond donors (Lipinski definition) is 1. The summed E-state index contributed by atoms with van der Waals surface area (Å²) in [6.07, 6.45) is 6.21. The van der Waals surface area contributed by atoms with Gasteiger partial charge < -0.3 is 5.11 Å². The average Bonchev–Trinajstić information content (AvgIpc) is 2.10. The van der Waals surface area contributed by atoms with E-state index in [1.807, 2.05) is 0 Å². The molecule has 0 amide bonds. The van der Waals surface area contributed by atoms with Gasteiger partial charge in [0.15, 0.2) is 0 Å². The molecule has 0 aliphatic rings. The van der Waals surface area contributed by atoms with Crippen LogP contribution in [0.2, 0.25) is 0 Å². The average molecular weight is 170 g/mol. The van der Waals surface area contributed by atoms with Crippen molar-refractivity contribution in [3.05, 3.63) is 12.2 Å². The van der Waals surface area contributed by atoms with Gasteiger partial charge in [-0.3, -0.25) is 0 Å². The topological polar surface area (TPSA) is 20.2 Å². The monoisotopic (exact) mass is 170 g/mol. The highest BCUT2D eigenvalue weighted by Crippen LogP contribution is 2.14. The summed E-state index contributed by atoms with van der Waals surface area (Å²) in [4.78, 5) is 0. The fourth-order valence-electron chi connectivity index (χ4n) is 1.17. The first-order chi connectivity index (χ1) is 5.72. The molecule has 0 radical (unpaired) electrons. The molecule has 1 nitrogen and oxygen atoms in total. The second-order valence-corrected chi connectivity index (χ2v) is 3.42. The van der Waals surface area contributed by atoms with Crippen molar-refractivity contribution in [2.45, 2.75) is 58.5 Å². The summed E-state index contributed by atoms with van der Waals surface area (Å²) in [6.45, 7) is 8.19. The maximum Gasteiger partial charge on any atom is 0.0747 e. The molecule has 0 rings (SSSR count). The van der Waals surface area contributed by atoms with E-state index in [-0.39, 0.29) is 6.10 Å². The van der Waals surface area contributed by atoms with Crippen LogP contribution < -0.4 is 0 Å². The fraction of sp³-hybridized carbons (Fsp3) is 0.818. The lowest BCUT2D eigenvalue weighted by atomic mass is 10.0. The van der Waals surface area contributed by atoms with Crippen LogP contribution in [0.1, 0.15) is 52.4 Å². The fourth-order valence-corrected chi connectivity index (χ4v) is 1.17. The van der Waals surface area contributed by atoms with Crippen molar-refractivity contribution in [2.75, 3.05) is 0 Å². The van der Waals surface area contributed by atoms with Gasteiger partial charge in [-0.2, -0.15) is 0 Å². The van der Waals surface area contributed by atoms with Gasteiger partial charge in [0.2, 0.25) is 0 Å². The molecular formula is C11H22O. The molecule has 1 atom stereocenters. The quantitative estimate of drug-likeness (QED) is 0.581. The summed E-state index contributed by atoms with van der Waals surface area (Å²) in [6, 6.07) is 0. The van der Waals surface area contributed by atoms with Crippen molar-refractivity contribution in [3.63, 3.8) is 0 Å². The molecule has 0 heterocycles. The van der Waals surface area contributed by atoms with Crippen LogP contribution in [0, 0.1) is 0 Å². The maximum absolute atomic E-state index is 9.58. The van der Waals surface area contributed by atoms with E-state index in [0.717, 1.165) is 37.7 Å². The normalized spacial score (nSPS) is 12.9. The smallest absolute Gasteiger partial charge is 0.0747 e. The molecule has 0 aliphatic heterocycles. The summed E-state index contributed by atoms with van der Waals surface area (Å²) in [5.41, 5.74) is 1.02. The van der Waals surface area contributed by atoms with E-state index < -0.39 is 0 Å². The third-order valence-electron chi connectivity index (χ3n) is 2.15. The molecule has 0 aromatic carbocycles. The van der Waals surface area contributed by atoms with Gasteiger partial charge in [0.1, 0.15) is 0 Å². The Balaban J connectivity index is 3.47. The van der Waals surface area contributed by atoms with Gasteiger partial charge in [0, 0.05) is 0 Å². The highest BCUT2D eigenvalue weighted by Gasteiger charge is 2.06. The van der Waals surface area contributed by atoms with Crippen molar-refractivity contribution >= 4 is 0 Å². The van der Waals surface area contributed by atoms with E-state index in [4.69, 9.17) is 0 Å². The van der Waals surface area contributed by atoms with Gasteiger partial charge >= 0.3 is 0 Å². The van der Waals surface area contributed by atoms with Gasteiger partial charge in [-0.15, -0.1) is 0 Å². The predicted octanol–water partition coefficient (Wildman–Crippen LogP) is 3.28. The Labute approximate surface area is 76.5 Å². The highest BCUT2D eigenvalue weighted by atomic mass is 16.3. The lowest BCUT2D eigenvalue weighted by molar-refractivity contribution is 0.193. The van der Waals surface area contributed by atoms with Gasteiger partial charge in [0.25, 0.3) is 0 Å². The molecule has 0 saturated heterocycles. The standard InChI is InChI=1S/C11H22O/c1-4-6-8-10(3)11(12)9-7-5-2/h11-12H,3-9H2,1-2H3/t11-/m0/s1. The number of unbranched alkanes of at least 4 members (excludes halogenated alkanes) is 2. The first-order valence-corrected chi connectivity index (χ1v) is 5.08. The Morgan fingerprint density at radius 1 is 1.25 bits per heavy atom. The van der Waals surface area contributed by atoms with Crippen molar-refractivity contribution in [1.29, 1.82) is 0 Å². The van der Waals surface area contributed by atoms with Crippen molar-refractivity contribution in [1.82, 2.24) is 0 Å². The Hall–Kier alpha value is -0.300. The largest absolute Gasteiger partial charge is 0.389 e. The van der Waals surface area contributed by atoms with Crippen LogP contribution >= 0.6 is 0 Å². The van der Waals surface area contributed by atoms with Crippen molar-refractivity contribution < 1.29 is 5.11 Å². The van der Waals surface area contributed by atoms with E-state index in [1.165, 1.54) is 6.42 Å². The van der Waals surface area contributed by atoms with Crippen LogP contribution in [0.15, 0.2) is 12.2 Å². The van der Waals surface area contributed by atoms with Crippen LogP contribution in [0.5, 0.6) is 0 Å². The molecule has 0 aromatic rings. The summed E-state index contributed by atoms with van der Waals surface area (Å²) in [5.74, 6) is 0. The summed E-state index contributed by atoms with van der Waals surface area (Å²) < 4.78 is 0. The third-order valence-corrected chi connectivity index (χ3v) is 2.15. The van der Waals surface area contributed by atoms with Gasteiger partial charge in [0.05, 0.1) is 6.10 Å². The molecule has 12 heavy (non-hydrogen) atoms. The molecule has 0 aromatic heterocycles. The molecule has 0 unspecified atom stereocenters. The number of rotatable bonds is 7. The highest BCUT2D eigenvalue weighted by molar-refractivity contribution is 5.00. The Bertz CT molecular complexity index is 118. The minimum absolute atomic E-state index is 0.253. The third kappa shape index (κ3) is 5.36. The second kappa shape index (κ2) is 7.35. The first-order valence-electron chi connectivity index (χ1n) is 5.08. The Morgan fingerprint density at radius 3 is 2.33 bits per heavy atom. The Morgan fingerprint density at radius 2 is 1.83 bits per heavy atom. The van der Waals surface area contributed by atoms with Gasteiger partial charge in [-0.25, -0.2) is 0 Å². The zero-order valence-corrected chi connectivity index (χ0v) is 8.47. The van der Waals surface area contributed by atoms with E-state index in [2.05, 4.69) is 20.4 Å². The molecule has 72 valence electrons. The van der Waals surface area contributed by atoms with Crippen LogP contribution in [0.4, 0.5) is 0 Å². The summed E-state index contributed by atoms with van der Waals surface area (Å²) in [7, 11) is 0. The molecule has 0 spiro atoms. The molecular weight excluding hydrogens is 148 g/mol. The molecule has 1 N–H and O–H groups in total. The molecule has 0 aliphatic carbocycles. The first kappa shape index (κ1) is 11.7. The molecule has 0 saturated carbocycles. The van der Waals surface area contributed by atoms with Gasteiger partial charge in [-0.05, 0) is 24.8 Å². The van der Waals surface area contributed by atoms with E-state index >= 15 is 0 Å². The van der Waals surface area contributed by atoms with E-state index in [9.17, 15) is 5.11 Å². The SMILES string of the molecule is C=C(CCCC)[C@@H](O)CCCC. The minimum Gasteiger partial charge on any atom is -0.389 e. The molecule has 0 bridgehead atoms. The van der Waals surface area contributed by atoms with E-state index in [1.54, 1.807) is 0 Å². The zero-order chi connectivity index (χ0) is 9.40. The lowest BCUT2D eigenvalue weighted by Crippen LogP contribution is -2.09.